The summed E-state index contributed by atoms with van der Waals surface area (Å²) in [6.07, 6.45) is 0. The van der Waals surface area contributed by atoms with E-state index < -0.39 is 5.97 Å². The van der Waals surface area contributed by atoms with E-state index in [4.69, 9.17) is 26.2 Å². The van der Waals surface area contributed by atoms with Gasteiger partial charge < -0.3 is 19.9 Å². The standard InChI is InChI=1S/C23H21BrClNO4/c1-14-4-3-5-15(10-14)13-30-22-18(19(24)8-9-21(22)29-2)12-26-16-6-7-17(23(27)28)20(25)11-16/h3-11,26H,12-13H2,1-2H3,(H,27,28). The van der Waals surface area contributed by atoms with E-state index in [1.807, 2.05) is 37.3 Å². The lowest BCUT2D eigenvalue weighted by atomic mass is 10.1. The quantitative estimate of drug-likeness (QED) is 0.387. The number of anilines is 1. The molecule has 7 heteroatoms. The number of benzene rings is 3. The zero-order valence-corrected chi connectivity index (χ0v) is 18.9. The summed E-state index contributed by atoms with van der Waals surface area (Å²) in [6.45, 7) is 2.86. The Hall–Kier alpha value is -2.70. The lowest BCUT2D eigenvalue weighted by molar-refractivity contribution is 0.0697. The minimum absolute atomic E-state index is 0.0620. The van der Waals surface area contributed by atoms with Crippen molar-refractivity contribution in [3.05, 3.63) is 86.3 Å². The third-order valence-corrected chi connectivity index (χ3v) is 5.58. The number of carboxylic acid groups (broad SMARTS) is 1. The van der Waals surface area contributed by atoms with Gasteiger partial charge in [-0.2, -0.15) is 0 Å². The Balaban J connectivity index is 1.83. The highest BCUT2D eigenvalue weighted by Gasteiger charge is 2.16. The molecule has 2 N–H and O–H groups in total. The molecule has 0 amide bonds. The second-order valence-electron chi connectivity index (χ2n) is 6.69. The van der Waals surface area contributed by atoms with Crippen molar-refractivity contribution in [1.82, 2.24) is 0 Å². The summed E-state index contributed by atoms with van der Waals surface area (Å²) in [4.78, 5) is 11.1. The third-order valence-electron chi connectivity index (χ3n) is 4.52. The Morgan fingerprint density at radius 2 is 1.97 bits per heavy atom. The summed E-state index contributed by atoms with van der Waals surface area (Å²) in [6, 6.07) is 16.6. The van der Waals surface area contributed by atoms with E-state index in [9.17, 15) is 4.79 Å². The van der Waals surface area contributed by atoms with Crippen LogP contribution in [0.25, 0.3) is 0 Å². The highest BCUT2D eigenvalue weighted by Crippen LogP contribution is 2.37. The van der Waals surface area contributed by atoms with Crippen LogP contribution in [-0.4, -0.2) is 18.2 Å². The molecule has 0 aromatic heterocycles. The van der Waals surface area contributed by atoms with Crippen molar-refractivity contribution in [3.63, 3.8) is 0 Å². The summed E-state index contributed by atoms with van der Waals surface area (Å²) in [5.41, 5.74) is 3.87. The Kier molecular flexibility index (Phi) is 7.24. The average Bonchev–Trinajstić information content (AvgIpc) is 2.71. The van der Waals surface area contributed by atoms with Gasteiger partial charge in [-0.3, -0.25) is 0 Å². The van der Waals surface area contributed by atoms with E-state index in [0.717, 1.165) is 15.6 Å². The van der Waals surface area contributed by atoms with E-state index in [-0.39, 0.29) is 10.6 Å². The maximum atomic E-state index is 11.1. The highest BCUT2D eigenvalue weighted by atomic mass is 79.9. The summed E-state index contributed by atoms with van der Waals surface area (Å²) < 4.78 is 12.5. The SMILES string of the molecule is COc1ccc(Br)c(CNc2ccc(C(=O)O)c(Cl)c2)c1OCc1cccc(C)c1. The van der Waals surface area contributed by atoms with Crippen molar-refractivity contribution in [1.29, 1.82) is 0 Å². The first-order valence-electron chi connectivity index (χ1n) is 9.19. The molecule has 30 heavy (non-hydrogen) atoms. The molecule has 3 aromatic carbocycles. The smallest absolute Gasteiger partial charge is 0.337 e. The molecule has 0 aliphatic carbocycles. The van der Waals surface area contributed by atoms with Gasteiger partial charge in [0.25, 0.3) is 0 Å². The van der Waals surface area contributed by atoms with Gasteiger partial charge in [-0.15, -0.1) is 0 Å². The predicted molar refractivity (Wildman–Crippen MR) is 122 cm³/mol. The molecule has 0 heterocycles. The first-order chi connectivity index (χ1) is 14.4. The molecule has 0 aliphatic heterocycles. The van der Waals surface area contributed by atoms with Crippen LogP contribution in [0.5, 0.6) is 11.5 Å². The number of methoxy groups -OCH3 is 1. The number of aryl methyl sites for hydroxylation is 1. The van der Waals surface area contributed by atoms with E-state index >= 15 is 0 Å². The Labute approximate surface area is 188 Å². The van der Waals surface area contributed by atoms with Crippen LogP contribution in [0.4, 0.5) is 5.69 Å². The number of carbonyl (C=O) groups is 1. The number of nitrogens with one attached hydrogen (secondary N) is 1. The minimum Gasteiger partial charge on any atom is -0.493 e. The summed E-state index contributed by atoms with van der Waals surface area (Å²) in [5, 5.41) is 12.6. The fourth-order valence-electron chi connectivity index (χ4n) is 3.01. The molecule has 0 saturated carbocycles. The van der Waals surface area contributed by atoms with Gasteiger partial charge in [-0.1, -0.05) is 57.4 Å². The Morgan fingerprint density at radius 1 is 1.17 bits per heavy atom. The van der Waals surface area contributed by atoms with Gasteiger partial charge in [-0.05, 0) is 42.8 Å². The number of carboxylic acids is 1. The fraction of sp³-hybridized carbons (Fsp3) is 0.174. The van der Waals surface area contributed by atoms with Gasteiger partial charge in [0.15, 0.2) is 11.5 Å². The van der Waals surface area contributed by atoms with Crippen LogP contribution >= 0.6 is 27.5 Å². The average molecular weight is 491 g/mol. The molecule has 0 bridgehead atoms. The minimum atomic E-state index is -1.06. The topological polar surface area (TPSA) is 67.8 Å². The lowest BCUT2D eigenvalue weighted by Gasteiger charge is -2.18. The van der Waals surface area contributed by atoms with E-state index in [1.54, 1.807) is 19.2 Å². The molecule has 0 radical (unpaired) electrons. The summed E-state index contributed by atoms with van der Waals surface area (Å²) >= 11 is 9.66. The van der Waals surface area contributed by atoms with Gasteiger partial charge in [0, 0.05) is 22.3 Å². The molecular weight excluding hydrogens is 470 g/mol. The second-order valence-corrected chi connectivity index (χ2v) is 7.95. The number of halogens is 2. The van der Waals surface area contributed by atoms with Gasteiger partial charge >= 0.3 is 5.97 Å². The largest absolute Gasteiger partial charge is 0.493 e. The Bertz CT molecular complexity index is 1070. The van der Waals surface area contributed by atoms with Crippen LogP contribution in [-0.2, 0) is 13.2 Å². The maximum Gasteiger partial charge on any atom is 0.337 e. The van der Waals surface area contributed by atoms with Crippen molar-refractivity contribution in [2.45, 2.75) is 20.1 Å². The molecule has 3 aromatic rings. The third kappa shape index (κ3) is 5.26. The number of ether oxygens (including phenoxy) is 2. The van der Waals surface area contributed by atoms with Gasteiger partial charge in [-0.25, -0.2) is 4.79 Å². The van der Waals surface area contributed by atoms with E-state index in [0.29, 0.717) is 30.3 Å². The van der Waals surface area contributed by atoms with Gasteiger partial charge in [0.1, 0.15) is 6.61 Å². The molecule has 0 spiro atoms. The molecular formula is C23H21BrClNO4. The number of hydrogen-bond acceptors (Lipinski definition) is 4. The van der Waals surface area contributed by atoms with Crippen LogP contribution < -0.4 is 14.8 Å². The summed E-state index contributed by atoms with van der Waals surface area (Å²) in [7, 11) is 1.60. The van der Waals surface area contributed by atoms with Gasteiger partial charge in [0.05, 0.1) is 17.7 Å². The lowest BCUT2D eigenvalue weighted by Crippen LogP contribution is -2.07. The molecule has 3 rings (SSSR count). The first-order valence-corrected chi connectivity index (χ1v) is 10.4. The summed E-state index contributed by atoms with van der Waals surface area (Å²) in [5.74, 6) is 0.199. The van der Waals surface area contributed by atoms with E-state index in [2.05, 4.69) is 27.3 Å². The molecule has 0 fully saturated rings. The van der Waals surface area contributed by atoms with Gasteiger partial charge in [0.2, 0.25) is 0 Å². The molecule has 156 valence electrons. The van der Waals surface area contributed by atoms with Crippen LogP contribution in [0.3, 0.4) is 0 Å². The molecule has 5 nitrogen and oxygen atoms in total. The van der Waals surface area contributed by atoms with Crippen LogP contribution in [0.2, 0.25) is 5.02 Å². The number of aromatic carboxylic acids is 1. The maximum absolute atomic E-state index is 11.1. The van der Waals surface area contributed by atoms with Crippen LogP contribution in [0.1, 0.15) is 27.0 Å². The highest BCUT2D eigenvalue weighted by molar-refractivity contribution is 9.10. The van der Waals surface area contributed by atoms with Crippen molar-refractivity contribution >= 4 is 39.2 Å². The fourth-order valence-corrected chi connectivity index (χ4v) is 3.73. The molecule has 0 unspecified atom stereocenters. The second kappa shape index (κ2) is 9.87. The zero-order valence-electron chi connectivity index (χ0n) is 16.5. The van der Waals surface area contributed by atoms with Crippen LogP contribution in [0, 0.1) is 6.92 Å². The van der Waals surface area contributed by atoms with Crippen LogP contribution in [0.15, 0.2) is 59.1 Å². The Morgan fingerprint density at radius 3 is 2.63 bits per heavy atom. The number of hydrogen-bond donors (Lipinski definition) is 2. The van der Waals surface area contributed by atoms with Crippen molar-refractivity contribution in [2.75, 3.05) is 12.4 Å². The van der Waals surface area contributed by atoms with Crippen molar-refractivity contribution < 1.29 is 19.4 Å². The first kappa shape index (κ1) is 22.0. The van der Waals surface area contributed by atoms with Crippen molar-refractivity contribution in [3.8, 4) is 11.5 Å². The normalized spacial score (nSPS) is 10.5. The number of rotatable bonds is 8. The molecule has 0 atom stereocenters. The monoisotopic (exact) mass is 489 g/mol. The predicted octanol–water partition coefficient (Wildman–Crippen LogP) is 6.31. The van der Waals surface area contributed by atoms with Crippen molar-refractivity contribution in [2.24, 2.45) is 0 Å². The zero-order chi connectivity index (χ0) is 21.7. The molecule has 0 aliphatic rings. The van der Waals surface area contributed by atoms with E-state index in [1.165, 1.54) is 11.6 Å². The molecule has 0 saturated heterocycles.